The van der Waals surface area contributed by atoms with Crippen LogP contribution >= 0.6 is 0 Å². The van der Waals surface area contributed by atoms with Crippen molar-refractivity contribution in [2.45, 2.75) is 80.6 Å². The van der Waals surface area contributed by atoms with Crippen LogP contribution in [0.3, 0.4) is 0 Å². The quantitative estimate of drug-likeness (QED) is 0.105. The minimum absolute atomic E-state index is 0.00942. The number of hydrogen-bond acceptors (Lipinski definition) is 10. The number of ether oxygens (including phenoxy) is 5. The Morgan fingerprint density at radius 2 is 1.34 bits per heavy atom. The van der Waals surface area contributed by atoms with Crippen molar-refractivity contribution >= 4 is 62.3 Å². The van der Waals surface area contributed by atoms with Crippen molar-refractivity contribution in [1.82, 2.24) is 19.9 Å². The van der Waals surface area contributed by atoms with Gasteiger partial charge in [-0.2, -0.15) is 0 Å². The summed E-state index contributed by atoms with van der Waals surface area (Å²) in [6, 6.07) is 9.40. The minimum Gasteiger partial charge on any atom is -0.497 e. The van der Waals surface area contributed by atoms with Crippen LogP contribution in [0.25, 0.3) is 55.5 Å². The number of esters is 3. The number of fused-ring (bicyclic) bond motifs is 8. The number of benzene rings is 1. The van der Waals surface area contributed by atoms with Crippen LogP contribution in [0.4, 0.5) is 0 Å². The van der Waals surface area contributed by atoms with E-state index in [1.54, 1.807) is 26.4 Å². The third-order valence-corrected chi connectivity index (χ3v) is 11.2. The Labute approximate surface area is 338 Å². The van der Waals surface area contributed by atoms with E-state index in [4.69, 9.17) is 33.7 Å². The Morgan fingerprint density at radius 1 is 0.655 bits per heavy atom. The Balaban J connectivity index is 1.95. The predicted octanol–water partition coefficient (Wildman–Crippen LogP) is 9.16. The van der Waals surface area contributed by atoms with Gasteiger partial charge in [0.05, 0.1) is 68.7 Å². The van der Waals surface area contributed by atoms with Gasteiger partial charge in [-0.1, -0.05) is 27.7 Å². The zero-order chi connectivity index (χ0) is 42.0. The predicted molar refractivity (Wildman–Crippen MR) is 227 cm³/mol. The number of rotatable bonds is 12. The summed E-state index contributed by atoms with van der Waals surface area (Å²) in [5.41, 5.74) is 14.7. The molecule has 4 aromatic rings. The summed E-state index contributed by atoms with van der Waals surface area (Å²) in [6.45, 7) is 13.8. The van der Waals surface area contributed by atoms with Crippen molar-refractivity contribution < 1.29 is 38.1 Å². The first kappa shape index (κ1) is 41.5. The normalized spacial score (nSPS) is 12.5. The van der Waals surface area contributed by atoms with Gasteiger partial charge in [0.1, 0.15) is 18.1 Å². The molecule has 304 valence electrons. The van der Waals surface area contributed by atoms with Crippen LogP contribution in [0.15, 0.2) is 30.3 Å². The molecule has 12 nitrogen and oxygen atoms in total. The molecule has 0 aliphatic carbocycles. The number of nitrogens with zero attached hydrogens (tertiary/aromatic N) is 2. The molecular weight excluding hydrogens is 737 g/mol. The first-order valence-corrected chi connectivity index (χ1v) is 19.6. The van der Waals surface area contributed by atoms with Crippen LogP contribution in [0.1, 0.15) is 110 Å². The lowest BCUT2D eigenvalue weighted by atomic mass is 9.90. The molecule has 0 spiro atoms. The second-order valence-corrected chi connectivity index (χ2v) is 14.2. The molecule has 0 amide bonds. The van der Waals surface area contributed by atoms with Gasteiger partial charge >= 0.3 is 17.9 Å². The summed E-state index contributed by atoms with van der Waals surface area (Å²) in [4.78, 5) is 56.8. The fraction of sp³-hybridized carbons (Fsp3) is 0.370. The number of aryl methyl sites for hydroxylation is 3. The largest absolute Gasteiger partial charge is 0.497 e. The fourth-order valence-corrected chi connectivity index (χ4v) is 8.19. The number of H-pyrrole nitrogens is 2. The van der Waals surface area contributed by atoms with E-state index in [-0.39, 0.29) is 24.6 Å². The molecule has 0 fully saturated rings. The van der Waals surface area contributed by atoms with E-state index >= 15 is 0 Å². The van der Waals surface area contributed by atoms with Gasteiger partial charge in [0.25, 0.3) is 0 Å². The van der Waals surface area contributed by atoms with E-state index < -0.39 is 11.9 Å². The van der Waals surface area contributed by atoms with Crippen LogP contribution < -0.4 is 9.47 Å². The third kappa shape index (κ3) is 7.39. The maximum Gasteiger partial charge on any atom is 0.338 e. The summed E-state index contributed by atoms with van der Waals surface area (Å²) >= 11 is 0. The van der Waals surface area contributed by atoms with Crippen LogP contribution in [0.2, 0.25) is 0 Å². The fourth-order valence-electron chi connectivity index (χ4n) is 8.19. The highest BCUT2D eigenvalue weighted by molar-refractivity contribution is 6.08. The first-order valence-electron chi connectivity index (χ1n) is 19.6. The summed E-state index contributed by atoms with van der Waals surface area (Å²) in [6.07, 6.45) is 2.71. The van der Waals surface area contributed by atoms with Gasteiger partial charge in [-0.05, 0) is 103 Å². The molecule has 0 radical (unpaired) electrons. The number of hydrogen-bond donors (Lipinski definition) is 2. The maximum atomic E-state index is 13.8. The summed E-state index contributed by atoms with van der Waals surface area (Å²) in [7, 11) is 5.84. The molecule has 2 aliphatic heterocycles. The lowest BCUT2D eigenvalue weighted by molar-refractivity contribution is -0.140. The van der Waals surface area contributed by atoms with Crippen molar-refractivity contribution in [2.75, 3.05) is 35.0 Å². The van der Waals surface area contributed by atoms with Crippen LogP contribution in [0.5, 0.6) is 11.5 Å². The molecule has 5 heterocycles. The minimum atomic E-state index is -0.556. The van der Waals surface area contributed by atoms with E-state index in [0.29, 0.717) is 70.9 Å². The van der Waals surface area contributed by atoms with Crippen molar-refractivity contribution in [1.29, 1.82) is 0 Å². The van der Waals surface area contributed by atoms with Crippen LogP contribution in [-0.4, -0.2) is 72.9 Å². The Morgan fingerprint density at radius 3 is 1.95 bits per heavy atom. The lowest BCUT2D eigenvalue weighted by Gasteiger charge is -2.18. The highest BCUT2D eigenvalue weighted by Gasteiger charge is 2.30. The number of methoxy groups -OCH3 is 4. The van der Waals surface area contributed by atoms with Gasteiger partial charge in [0, 0.05) is 46.2 Å². The monoisotopic (exact) mass is 788 g/mol. The highest BCUT2D eigenvalue weighted by Crippen LogP contribution is 2.47. The zero-order valence-corrected chi connectivity index (χ0v) is 35.3. The first-order chi connectivity index (χ1) is 27.9. The second kappa shape index (κ2) is 17.1. The Hall–Kier alpha value is -6.17. The number of carbonyl (C=O) groups excluding carboxylic acids is 3. The number of allylic oxidation sites excluding steroid dienone is 3. The summed E-state index contributed by atoms with van der Waals surface area (Å²) in [5.74, 6) is -0.501. The van der Waals surface area contributed by atoms with Gasteiger partial charge in [0.15, 0.2) is 0 Å². The van der Waals surface area contributed by atoms with E-state index in [9.17, 15) is 14.4 Å². The molecule has 58 heavy (non-hydrogen) atoms. The second-order valence-electron chi connectivity index (χ2n) is 14.2. The zero-order valence-electron chi connectivity index (χ0n) is 35.3. The van der Waals surface area contributed by atoms with E-state index in [1.165, 1.54) is 21.1 Å². The topological polar surface area (TPSA) is 155 Å². The standard InChI is InChI=1S/C46H52N4O8/c1-12-27-29(14-3)44-43(42-32(46(53)57-11)16-26(54-8)17-40(42)55-9)45-30(15-4)28(13-2)37(50-45)20-35-24(6)33(22-58-25(7)51)39(48-35)21-38-31(18-41(52)56-10)23(5)34(47-38)19-36(27)49-44/h16-17,19-21,47,49H,12-15,18,22H2,1-11H3. The third-order valence-electron chi connectivity index (χ3n) is 11.2. The Bertz CT molecular complexity index is 2570. The Kier molecular flexibility index (Phi) is 12.2. The number of carbonyl (C=O) groups is 3. The van der Waals surface area contributed by atoms with E-state index in [0.717, 1.165) is 66.8 Å². The van der Waals surface area contributed by atoms with Gasteiger partial charge in [-0.25, -0.2) is 14.8 Å². The lowest BCUT2D eigenvalue weighted by Crippen LogP contribution is -2.07. The molecule has 6 rings (SSSR count). The molecule has 8 bridgehead atoms. The molecule has 3 aromatic heterocycles. The molecule has 2 aliphatic rings. The van der Waals surface area contributed by atoms with Crippen molar-refractivity contribution in [2.24, 2.45) is 0 Å². The van der Waals surface area contributed by atoms with Crippen molar-refractivity contribution in [3.8, 4) is 22.6 Å². The van der Waals surface area contributed by atoms with Gasteiger partial charge in [-0.3, -0.25) is 9.59 Å². The molecule has 0 unspecified atom stereocenters. The SMILES string of the molecule is CCC1=C(CC)c2nc1cc1nc(cc3[nH]c(cc4[nH]c(c(CC)c4CC)c2-c2c(OC)cc(OC)cc2C(=O)OC)c(C)c3CC(=O)OC)C(COC(C)=O)=C1C. The molecule has 1 aromatic carbocycles. The molecule has 2 N–H and O–H groups in total. The van der Waals surface area contributed by atoms with Crippen molar-refractivity contribution in [3.63, 3.8) is 0 Å². The molecule has 12 heteroatoms. The van der Waals surface area contributed by atoms with Crippen LogP contribution in [0, 0.1) is 6.92 Å². The molecule has 0 saturated carbocycles. The number of aromatic nitrogens is 4. The number of nitrogens with one attached hydrogen (secondary N) is 2. The van der Waals surface area contributed by atoms with E-state index in [2.05, 4.69) is 43.7 Å². The van der Waals surface area contributed by atoms with E-state index in [1.807, 2.05) is 26.0 Å². The van der Waals surface area contributed by atoms with Gasteiger partial charge in [0.2, 0.25) is 0 Å². The smallest absolute Gasteiger partial charge is 0.338 e. The number of aromatic amines is 2. The maximum absolute atomic E-state index is 13.8. The summed E-state index contributed by atoms with van der Waals surface area (Å²) in [5, 5.41) is 0. The highest BCUT2D eigenvalue weighted by atomic mass is 16.5. The molecule has 0 saturated heterocycles. The van der Waals surface area contributed by atoms with Crippen molar-refractivity contribution in [3.05, 3.63) is 80.9 Å². The molecule has 0 atom stereocenters. The molecular formula is C46H52N4O8. The van der Waals surface area contributed by atoms with Gasteiger partial charge < -0.3 is 33.7 Å². The average Bonchev–Trinajstić information content (AvgIpc) is 3.93. The van der Waals surface area contributed by atoms with Gasteiger partial charge in [-0.15, -0.1) is 0 Å². The average molecular weight is 789 g/mol. The van der Waals surface area contributed by atoms with Crippen LogP contribution in [-0.2, 0) is 43.1 Å². The summed E-state index contributed by atoms with van der Waals surface area (Å²) < 4.78 is 27.8.